The van der Waals surface area contributed by atoms with E-state index in [1.165, 1.54) is 11.3 Å². The summed E-state index contributed by atoms with van der Waals surface area (Å²) in [4.78, 5) is 26.1. The van der Waals surface area contributed by atoms with Gasteiger partial charge in [-0.05, 0) is 37.1 Å². The minimum atomic E-state index is -0.731. The van der Waals surface area contributed by atoms with Crippen LogP contribution in [0.15, 0.2) is 30.6 Å². The fourth-order valence-electron chi connectivity index (χ4n) is 2.98. The van der Waals surface area contributed by atoms with E-state index in [-0.39, 0.29) is 58.2 Å². The summed E-state index contributed by atoms with van der Waals surface area (Å²) in [6.45, 7) is 3.75. The molecule has 0 bridgehead atoms. The van der Waals surface area contributed by atoms with E-state index in [1.807, 2.05) is 32.0 Å². The average molecular weight is 453 g/mol. The monoisotopic (exact) mass is 452 g/mol. The summed E-state index contributed by atoms with van der Waals surface area (Å²) < 4.78 is 0. The van der Waals surface area contributed by atoms with Gasteiger partial charge in [-0.25, -0.2) is 4.98 Å². The third-order valence-corrected chi connectivity index (χ3v) is 5.78. The molecule has 0 saturated heterocycles. The summed E-state index contributed by atoms with van der Waals surface area (Å²) in [6.07, 6.45) is 3.26. The van der Waals surface area contributed by atoms with Gasteiger partial charge in [0.2, 0.25) is 0 Å². The molecule has 1 N–H and O–H groups in total. The van der Waals surface area contributed by atoms with E-state index in [0.717, 1.165) is 27.5 Å². The van der Waals surface area contributed by atoms with Crippen molar-refractivity contribution in [3.8, 4) is 11.1 Å². The summed E-state index contributed by atoms with van der Waals surface area (Å²) in [5, 5.41) is 1.40. The maximum atomic E-state index is 11.9. The van der Waals surface area contributed by atoms with Crippen LogP contribution in [0.25, 0.3) is 38.1 Å². The van der Waals surface area contributed by atoms with E-state index in [0.29, 0.717) is 26.0 Å². The van der Waals surface area contributed by atoms with Crippen molar-refractivity contribution in [2.75, 3.05) is 0 Å². The minimum Gasteiger partial charge on any atom is -0.663 e. The van der Waals surface area contributed by atoms with Crippen LogP contribution in [-0.4, -0.2) is 20.9 Å². The number of benzene rings is 1. The molecule has 3 aromatic heterocycles. The Morgan fingerprint density at radius 3 is 2.54 bits per heavy atom. The Morgan fingerprint density at radius 1 is 1.15 bits per heavy atom. The number of carbonyl (C=O) groups is 1. The predicted octanol–water partition coefficient (Wildman–Crippen LogP) is 2.37. The van der Waals surface area contributed by atoms with E-state index in [1.54, 1.807) is 12.4 Å². The largest absolute Gasteiger partial charge is 1.00 e. The quantitative estimate of drug-likeness (QED) is 0.467. The molecule has 8 heteroatoms. The predicted molar refractivity (Wildman–Crippen MR) is 101 cm³/mol. The van der Waals surface area contributed by atoms with Gasteiger partial charge in [0.25, 0.3) is 0 Å². The minimum absolute atomic E-state index is 0. The van der Waals surface area contributed by atoms with Crippen LogP contribution in [0.5, 0.6) is 0 Å². The molecule has 4 rings (SSSR count). The molecule has 26 heavy (non-hydrogen) atoms. The number of nitrogens with zero attached hydrogens (tertiary/aromatic N) is 3. The van der Waals surface area contributed by atoms with Gasteiger partial charge in [0, 0.05) is 23.3 Å². The van der Waals surface area contributed by atoms with Crippen molar-refractivity contribution in [3.63, 3.8) is 0 Å². The number of aromatic nitrogens is 3. The number of thiophene rings is 1. The standard InChI is InChI=1S/C18H13ClN4OS.Rb/c1-8-13-14(10-3-4-11-12(7-10)22-6-5-21-11)16(17(20)24)25-18(13)23-9(2)15(8)19;/h3-7H,1-2H3,(H2,20,24);/q;+1/p-1. The molecule has 1 amide bonds. The molecule has 0 fully saturated rings. The molecule has 4 aromatic rings. The molecule has 3 heterocycles. The van der Waals surface area contributed by atoms with Crippen LogP contribution >= 0.6 is 22.9 Å². The summed E-state index contributed by atoms with van der Waals surface area (Å²) in [7, 11) is 0. The summed E-state index contributed by atoms with van der Waals surface area (Å²) >= 11 is 7.61. The SMILES string of the molecule is Cc1nc2sc(C([NH-])=O)c(-c3ccc4nccnc4c3)c2c(C)c1Cl.[Rb+]. The first kappa shape index (κ1) is 20.0. The molecule has 124 valence electrons. The van der Waals surface area contributed by atoms with Crippen molar-refractivity contribution in [2.45, 2.75) is 13.8 Å². The van der Waals surface area contributed by atoms with Gasteiger partial charge in [-0.15, -0.1) is 11.3 Å². The van der Waals surface area contributed by atoms with Crippen LogP contribution in [-0.2, 0) is 0 Å². The normalized spacial score (nSPS) is 10.9. The number of amides is 1. The Kier molecular flexibility index (Phi) is 5.91. The van der Waals surface area contributed by atoms with Crippen LogP contribution in [0.1, 0.15) is 20.9 Å². The number of pyridine rings is 1. The van der Waals surface area contributed by atoms with Gasteiger partial charge < -0.3 is 10.5 Å². The van der Waals surface area contributed by atoms with E-state index in [9.17, 15) is 4.79 Å². The Hall–Kier alpha value is -0.765. The molecule has 0 unspecified atom stereocenters. The molecular weight excluding hydrogens is 441 g/mol. The maximum Gasteiger partial charge on any atom is 1.00 e. The molecule has 0 aliphatic rings. The van der Waals surface area contributed by atoms with Crippen LogP contribution in [0.3, 0.4) is 0 Å². The average Bonchev–Trinajstić information content (AvgIpc) is 2.99. The van der Waals surface area contributed by atoms with Crippen LogP contribution in [0, 0.1) is 13.8 Å². The summed E-state index contributed by atoms with van der Waals surface area (Å²) in [5.41, 5.74) is 12.2. The fraction of sp³-hybridized carbons (Fsp3) is 0.111. The van der Waals surface area contributed by atoms with Crippen LogP contribution in [0.2, 0.25) is 5.02 Å². The number of nitrogens with one attached hydrogen (secondary N) is 1. The number of hydrogen-bond acceptors (Lipinski definition) is 5. The number of hydrogen-bond donors (Lipinski definition) is 0. The Bertz CT molecular complexity index is 1170. The third kappa shape index (κ3) is 3.27. The van der Waals surface area contributed by atoms with Crippen LogP contribution < -0.4 is 58.2 Å². The molecule has 0 saturated carbocycles. The number of rotatable bonds is 2. The number of halogens is 1. The van der Waals surface area contributed by atoms with Crippen LogP contribution in [0.4, 0.5) is 0 Å². The Labute approximate surface area is 207 Å². The number of carbonyl (C=O) groups excluding carboxylic acids is 1. The van der Waals surface area contributed by atoms with Crippen molar-refractivity contribution in [1.82, 2.24) is 15.0 Å². The van der Waals surface area contributed by atoms with Crippen molar-refractivity contribution < 1.29 is 63.0 Å². The molecule has 0 atom stereocenters. The van der Waals surface area contributed by atoms with Gasteiger partial charge in [-0.1, -0.05) is 17.7 Å². The zero-order valence-electron chi connectivity index (χ0n) is 14.4. The van der Waals surface area contributed by atoms with Crippen molar-refractivity contribution in [3.05, 3.63) is 57.5 Å². The Morgan fingerprint density at radius 2 is 1.85 bits per heavy atom. The number of fused-ring (bicyclic) bond motifs is 2. The van der Waals surface area contributed by atoms with Gasteiger partial charge in [0.15, 0.2) is 0 Å². The van der Waals surface area contributed by atoms with Crippen molar-refractivity contribution in [2.24, 2.45) is 0 Å². The second-order valence-electron chi connectivity index (χ2n) is 5.71. The topological polar surface area (TPSA) is 79.5 Å². The van der Waals surface area contributed by atoms with E-state index >= 15 is 0 Å². The second kappa shape index (κ2) is 7.69. The van der Waals surface area contributed by atoms with Gasteiger partial charge in [-0.2, -0.15) is 0 Å². The second-order valence-corrected chi connectivity index (χ2v) is 7.09. The first-order valence-electron chi connectivity index (χ1n) is 7.53. The summed E-state index contributed by atoms with van der Waals surface area (Å²) in [5.74, 6) is -0.731. The summed E-state index contributed by atoms with van der Waals surface area (Å²) in [6, 6.07) is 5.62. The molecule has 0 aliphatic heterocycles. The first-order valence-corrected chi connectivity index (χ1v) is 8.73. The van der Waals surface area contributed by atoms with Gasteiger partial charge in [0.1, 0.15) is 4.83 Å². The molecular formula is C18H12ClN4ORbS. The number of aryl methyl sites for hydroxylation is 2. The van der Waals surface area contributed by atoms with Gasteiger partial charge >= 0.3 is 58.2 Å². The van der Waals surface area contributed by atoms with E-state index in [4.69, 9.17) is 17.3 Å². The van der Waals surface area contributed by atoms with Crippen molar-refractivity contribution in [1.29, 1.82) is 0 Å². The molecule has 0 spiro atoms. The first-order chi connectivity index (χ1) is 12.0. The molecule has 0 radical (unpaired) electrons. The Balaban J connectivity index is 0.00000196. The fourth-order valence-corrected chi connectivity index (χ4v) is 4.27. The zero-order valence-corrected chi connectivity index (χ0v) is 20.9. The molecule has 5 nitrogen and oxygen atoms in total. The molecule has 1 aromatic carbocycles. The molecule has 0 aliphatic carbocycles. The van der Waals surface area contributed by atoms with Gasteiger partial charge in [0.05, 0.1) is 32.5 Å². The van der Waals surface area contributed by atoms with Gasteiger partial charge in [-0.3, -0.25) is 9.97 Å². The maximum absolute atomic E-state index is 11.9. The third-order valence-electron chi connectivity index (χ3n) is 4.15. The zero-order chi connectivity index (χ0) is 17.7. The van der Waals surface area contributed by atoms with E-state index < -0.39 is 5.91 Å². The van der Waals surface area contributed by atoms with Crippen molar-refractivity contribution >= 4 is 50.1 Å². The smallest absolute Gasteiger partial charge is 0.663 e. The van der Waals surface area contributed by atoms with E-state index in [2.05, 4.69) is 15.0 Å².